The van der Waals surface area contributed by atoms with Crippen molar-refractivity contribution in [1.82, 2.24) is 9.21 Å². The molecule has 5 nitrogen and oxygen atoms in total. The Hall–Kier alpha value is -2.15. The van der Waals surface area contributed by atoms with Crippen LogP contribution in [0.4, 0.5) is 26.3 Å². The first kappa shape index (κ1) is 30.4. The van der Waals surface area contributed by atoms with E-state index in [2.05, 4.69) is 4.90 Å². The van der Waals surface area contributed by atoms with Crippen LogP contribution in [0.25, 0.3) is 11.1 Å². The SMILES string of the molecule is CCc1cc(CN2CCN(S(=O)(=O)CC(C)C)CC2)ccc1-c1ccc(C(O)(C(F)(F)F)C(F)(F)F)cc1. The summed E-state index contributed by atoms with van der Waals surface area (Å²) in [4.78, 5) is 2.14. The van der Waals surface area contributed by atoms with Gasteiger partial charge in [0, 0.05) is 38.3 Å². The Bertz CT molecular complexity index is 1190. The van der Waals surface area contributed by atoms with Crippen molar-refractivity contribution in [2.45, 2.75) is 51.7 Å². The molecular weight excluding hydrogens is 534 g/mol. The number of nitrogens with zero attached hydrogens (tertiary/aromatic N) is 2. The highest BCUT2D eigenvalue weighted by Gasteiger charge is 2.71. The van der Waals surface area contributed by atoms with E-state index in [-0.39, 0.29) is 11.7 Å². The zero-order valence-corrected chi connectivity index (χ0v) is 22.2. The third-order valence-electron chi connectivity index (χ3n) is 6.66. The van der Waals surface area contributed by atoms with Crippen molar-refractivity contribution in [3.63, 3.8) is 0 Å². The Morgan fingerprint density at radius 1 is 0.895 bits per heavy atom. The highest BCUT2D eigenvalue weighted by molar-refractivity contribution is 7.89. The molecule has 0 aromatic heterocycles. The average Bonchev–Trinajstić information content (AvgIpc) is 2.81. The minimum atomic E-state index is -5.94. The molecule has 1 aliphatic rings. The maximum atomic E-state index is 13.2. The molecular formula is C26H32F6N2O3S. The minimum absolute atomic E-state index is 0.0423. The summed E-state index contributed by atoms with van der Waals surface area (Å²) in [6.45, 7) is 8.15. The molecule has 12 heteroatoms. The van der Waals surface area contributed by atoms with Gasteiger partial charge in [0.05, 0.1) is 5.75 Å². The number of sulfonamides is 1. The monoisotopic (exact) mass is 566 g/mol. The number of benzene rings is 2. The molecule has 212 valence electrons. The molecule has 1 aliphatic heterocycles. The molecule has 0 saturated carbocycles. The van der Waals surface area contributed by atoms with Gasteiger partial charge in [0.25, 0.3) is 5.60 Å². The first-order valence-corrected chi connectivity index (χ1v) is 13.9. The fourth-order valence-corrected chi connectivity index (χ4v) is 6.42. The first-order chi connectivity index (χ1) is 17.5. The highest BCUT2D eigenvalue weighted by atomic mass is 32.2. The molecule has 1 saturated heterocycles. The maximum Gasteiger partial charge on any atom is 0.430 e. The molecule has 1 fully saturated rings. The van der Waals surface area contributed by atoms with E-state index in [0.29, 0.717) is 62.4 Å². The van der Waals surface area contributed by atoms with E-state index < -0.39 is 33.5 Å². The van der Waals surface area contributed by atoms with Gasteiger partial charge in [-0.2, -0.15) is 30.6 Å². The van der Waals surface area contributed by atoms with Gasteiger partial charge in [0.15, 0.2) is 0 Å². The van der Waals surface area contributed by atoms with Gasteiger partial charge in [0.1, 0.15) is 0 Å². The van der Waals surface area contributed by atoms with Crippen LogP contribution < -0.4 is 0 Å². The van der Waals surface area contributed by atoms with Gasteiger partial charge >= 0.3 is 12.4 Å². The summed E-state index contributed by atoms with van der Waals surface area (Å²) >= 11 is 0. The molecule has 0 unspecified atom stereocenters. The van der Waals surface area contributed by atoms with Crippen LogP contribution in [0.3, 0.4) is 0 Å². The van der Waals surface area contributed by atoms with Gasteiger partial charge in [-0.05, 0) is 34.6 Å². The summed E-state index contributed by atoms with van der Waals surface area (Å²) in [5.74, 6) is 0.154. The smallest absolute Gasteiger partial charge is 0.369 e. The molecule has 0 atom stereocenters. The van der Waals surface area contributed by atoms with E-state index >= 15 is 0 Å². The van der Waals surface area contributed by atoms with Crippen molar-refractivity contribution in [3.05, 3.63) is 59.2 Å². The summed E-state index contributed by atoms with van der Waals surface area (Å²) < 4.78 is 106. The number of aliphatic hydroxyl groups is 1. The van der Waals surface area contributed by atoms with Crippen molar-refractivity contribution < 1.29 is 39.9 Å². The lowest BCUT2D eigenvalue weighted by atomic mass is 9.89. The fourth-order valence-electron chi connectivity index (χ4n) is 4.65. The Kier molecular flexibility index (Phi) is 8.92. The Morgan fingerprint density at radius 3 is 1.92 bits per heavy atom. The largest absolute Gasteiger partial charge is 0.430 e. The predicted octanol–water partition coefficient (Wildman–Crippen LogP) is 5.33. The minimum Gasteiger partial charge on any atom is -0.369 e. The Balaban J connectivity index is 1.76. The molecule has 38 heavy (non-hydrogen) atoms. The second-order valence-electron chi connectivity index (χ2n) is 9.98. The highest BCUT2D eigenvalue weighted by Crippen LogP contribution is 2.50. The third-order valence-corrected chi connectivity index (χ3v) is 8.90. The lowest BCUT2D eigenvalue weighted by Crippen LogP contribution is -2.53. The van der Waals surface area contributed by atoms with E-state index in [0.717, 1.165) is 23.3 Å². The van der Waals surface area contributed by atoms with Gasteiger partial charge in [0.2, 0.25) is 10.0 Å². The quantitative estimate of drug-likeness (QED) is 0.439. The number of halogens is 6. The molecule has 2 aromatic rings. The van der Waals surface area contributed by atoms with E-state index in [9.17, 15) is 39.9 Å². The average molecular weight is 567 g/mol. The number of rotatable bonds is 8. The molecule has 0 radical (unpaired) electrons. The number of alkyl halides is 6. The van der Waals surface area contributed by atoms with Gasteiger partial charge < -0.3 is 5.11 Å². The zero-order chi connectivity index (χ0) is 28.5. The van der Waals surface area contributed by atoms with E-state index in [1.165, 1.54) is 4.31 Å². The van der Waals surface area contributed by atoms with Crippen LogP contribution in [0.1, 0.15) is 37.5 Å². The van der Waals surface area contributed by atoms with Gasteiger partial charge in [-0.1, -0.05) is 63.2 Å². The lowest BCUT2D eigenvalue weighted by Gasteiger charge is -2.34. The first-order valence-electron chi connectivity index (χ1n) is 12.3. The predicted molar refractivity (Wildman–Crippen MR) is 133 cm³/mol. The standard InChI is InChI=1S/C26H32F6N2O3S/c1-4-20-15-19(16-33-11-13-34(14-12-33)38(36,37)17-18(2)3)5-10-23(20)21-6-8-22(9-7-21)24(35,25(27,28)29)26(30,31)32/h5-10,15,18,35H,4,11-14,16-17H2,1-3H3. The third kappa shape index (κ3) is 6.35. The molecule has 1 N–H and O–H groups in total. The second kappa shape index (κ2) is 11.1. The van der Waals surface area contributed by atoms with Crippen LogP contribution in [-0.4, -0.2) is 67.0 Å². The van der Waals surface area contributed by atoms with Crippen molar-refractivity contribution in [2.75, 3.05) is 31.9 Å². The Labute approximate surface area is 219 Å². The molecule has 0 bridgehead atoms. The normalized spacial score (nSPS) is 16.8. The van der Waals surface area contributed by atoms with Crippen LogP contribution >= 0.6 is 0 Å². The van der Waals surface area contributed by atoms with Gasteiger partial charge in [-0.3, -0.25) is 4.90 Å². The maximum absolute atomic E-state index is 13.2. The number of hydrogen-bond donors (Lipinski definition) is 1. The summed E-state index contributed by atoms with van der Waals surface area (Å²) in [5, 5.41) is 9.62. The Morgan fingerprint density at radius 2 is 1.45 bits per heavy atom. The zero-order valence-electron chi connectivity index (χ0n) is 21.4. The summed E-state index contributed by atoms with van der Waals surface area (Å²) in [5.41, 5.74) is -3.36. The van der Waals surface area contributed by atoms with Crippen LogP contribution in [-0.2, 0) is 28.6 Å². The molecule has 1 heterocycles. The van der Waals surface area contributed by atoms with E-state index in [4.69, 9.17) is 0 Å². The van der Waals surface area contributed by atoms with Crippen LogP contribution in [0.15, 0.2) is 42.5 Å². The lowest BCUT2D eigenvalue weighted by molar-refractivity contribution is -0.376. The summed E-state index contributed by atoms with van der Waals surface area (Å²) in [6.07, 6.45) is -11.3. The molecule has 2 aromatic carbocycles. The summed E-state index contributed by atoms with van der Waals surface area (Å²) in [7, 11) is -3.29. The summed E-state index contributed by atoms with van der Waals surface area (Å²) in [6, 6.07) is 9.13. The van der Waals surface area contributed by atoms with Gasteiger partial charge in [-0.15, -0.1) is 0 Å². The van der Waals surface area contributed by atoms with Gasteiger partial charge in [-0.25, -0.2) is 8.42 Å². The second-order valence-corrected chi connectivity index (χ2v) is 12.0. The number of aryl methyl sites for hydroxylation is 1. The molecule has 0 aliphatic carbocycles. The van der Waals surface area contributed by atoms with Crippen molar-refractivity contribution in [1.29, 1.82) is 0 Å². The number of piperazine rings is 1. The van der Waals surface area contributed by atoms with E-state index in [1.807, 2.05) is 32.9 Å². The van der Waals surface area contributed by atoms with E-state index in [1.54, 1.807) is 6.07 Å². The van der Waals surface area contributed by atoms with Crippen molar-refractivity contribution in [3.8, 4) is 11.1 Å². The topological polar surface area (TPSA) is 60.9 Å². The molecule has 3 rings (SSSR count). The van der Waals surface area contributed by atoms with Crippen LogP contribution in [0, 0.1) is 5.92 Å². The van der Waals surface area contributed by atoms with Crippen molar-refractivity contribution in [2.24, 2.45) is 5.92 Å². The fraction of sp³-hybridized carbons (Fsp3) is 0.538. The van der Waals surface area contributed by atoms with Crippen LogP contribution in [0.5, 0.6) is 0 Å². The number of hydrogen-bond acceptors (Lipinski definition) is 4. The molecule has 0 spiro atoms. The van der Waals surface area contributed by atoms with Crippen molar-refractivity contribution >= 4 is 10.0 Å². The van der Waals surface area contributed by atoms with Crippen LogP contribution in [0.2, 0.25) is 0 Å². The molecule has 0 amide bonds.